The van der Waals surface area contributed by atoms with Gasteiger partial charge in [0.25, 0.3) is 5.03 Å². The fourth-order valence-corrected chi connectivity index (χ4v) is 3.61. The van der Waals surface area contributed by atoms with E-state index in [1.807, 2.05) is 48.5 Å². The molecule has 0 spiro atoms. The van der Waals surface area contributed by atoms with Gasteiger partial charge in [-0.2, -0.15) is 0 Å². The minimum atomic E-state index is -0.581. The molecule has 0 fully saturated rings. The highest BCUT2D eigenvalue weighted by molar-refractivity contribution is 8.00. The summed E-state index contributed by atoms with van der Waals surface area (Å²) >= 11 is 1.10. The van der Waals surface area contributed by atoms with Gasteiger partial charge in [-0.1, -0.05) is 24.3 Å². The van der Waals surface area contributed by atoms with Crippen molar-refractivity contribution in [1.29, 1.82) is 0 Å². The maximum absolute atomic E-state index is 12.7. The van der Waals surface area contributed by atoms with Gasteiger partial charge in [0.15, 0.2) is 5.95 Å². The number of pyridine rings is 1. The molecule has 2 heterocycles. The van der Waals surface area contributed by atoms with E-state index in [0.29, 0.717) is 11.4 Å². The van der Waals surface area contributed by atoms with Crippen LogP contribution in [-0.4, -0.2) is 21.4 Å². The Labute approximate surface area is 165 Å². The highest BCUT2D eigenvalue weighted by Crippen LogP contribution is 2.29. The number of hydrogen-bond acceptors (Lipinski definition) is 6. The molecule has 0 bridgehead atoms. The fourth-order valence-electron chi connectivity index (χ4n) is 2.74. The lowest BCUT2D eigenvalue weighted by Gasteiger charge is -2.12. The first-order chi connectivity index (χ1) is 13.6. The molecule has 4 rings (SSSR count). The lowest BCUT2D eigenvalue weighted by atomic mass is 10.2. The normalized spacial score (nSPS) is 12.0. The van der Waals surface area contributed by atoms with E-state index in [1.54, 1.807) is 25.3 Å². The molecule has 0 aliphatic rings. The molecule has 0 saturated heterocycles. The fraction of sp³-hybridized carbons (Fsp3) is 0.100. The van der Waals surface area contributed by atoms with E-state index < -0.39 is 11.2 Å². The Hall–Kier alpha value is -3.39. The molecule has 0 radical (unpaired) electrons. The Kier molecular flexibility index (Phi) is 4.94. The number of rotatable bonds is 5. The molecule has 1 N–H and O–H groups in total. The zero-order chi connectivity index (χ0) is 19.5. The van der Waals surface area contributed by atoms with Crippen molar-refractivity contribution in [2.45, 2.75) is 17.2 Å². The van der Waals surface area contributed by atoms with Crippen molar-refractivity contribution in [3.8, 4) is 11.6 Å². The summed E-state index contributed by atoms with van der Waals surface area (Å²) in [6.45, 7) is 1.73. The molecule has 1 atom stereocenters. The standard InChI is InChI=1S/C20H16N4O3S/c1-13(18(25)22-17-11-5-10-16-15(17)9-6-12-21-16)28-19-20(26)27-23-24(19)14-7-3-2-4-8-14/h2-13H,1H3,(H-,21,22,23,25,26). The Balaban J connectivity index is 1.55. The lowest BCUT2D eigenvalue weighted by molar-refractivity contribution is -0.705. The van der Waals surface area contributed by atoms with Crippen LogP contribution in [0.3, 0.4) is 0 Å². The van der Waals surface area contributed by atoms with Crippen LogP contribution in [0.5, 0.6) is 5.95 Å². The average Bonchev–Trinajstić information content (AvgIpc) is 3.09. The second-order valence-corrected chi connectivity index (χ2v) is 7.37. The van der Waals surface area contributed by atoms with Crippen LogP contribution in [0.2, 0.25) is 0 Å². The largest absolute Gasteiger partial charge is 0.538 e. The molecule has 0 saturated carbocycles. The third kappa shape index (κ3) is 3.54. The number of nitrogens with zero attached hydrogens (tertiary/aromatic N) is 3. The number of carbonyl (C=O) groups is 1. The Morgan fingerprint density at radius 1 is 1.14 bits per heavy atom. The third-order valence-electron chi connectivity index (χ3n) is 4.13. The molecule has 28 heavy (non-hydrogen) atoms. The number of hydrogen-bond donors (Lipinski definition) is 1. The zero-order valence-corrected chi connectivity index (χ0v) is 15.7. The van der Waals surface area contributed by atoms with Crippen LogP contribution in [0.1, 0.15) is 6.92 Å². The van der Waals surface area contributed by atoms with Gasteiger partial charge in [-0.25, -0.2) is 0 Å². The van der Waals surface area contributed by atoms with Crippen molar-refractivity contribution in [3.05, 3.63) is 66.9 Å². The third-order valence-corrected chi connectivity index (χ3v) is 5.26. The summed E-state index contributed by atoms with van der Waals surface area (Å²) in [5, 5.41) is 19.3. The van der Waals surface area contributed by atoms with Gasteiger partial charge in [0.2, 0.25) is 11.6 Å². The summed E-state index contributed by atoms with van der Waals surface area (Å²) in [4.78, 5) is 17.0. The average molecular weight is 392 g/mol. The maximum atomic E-state index is 12.7. The van der Waals surface area contributed by atoms with Gasteiger partial charge in [0.1, 0.15) is 0 Å². The predicted octanol–water partition coefficient (Wildman–Crippen LogP) is 2.69. The smallest absolute Gasteiger partial charge is 0.298 e. The van der Waals surface area contributed by atoms with E-state index in [1.165, 1.54) is 4.68 Å². The van der Waals surface area contributed by atoms with Gasteiger partial charge in [0.05, 0.1) is 21.7 Å². The molecule has 4 aromatic rings. The number of carbonyl (C=O) groups excluding carboxylic acids is 1. The molecule has 140 valence electrons. The molecular formula is C20H16N4O3S. The van der Waals surface area contributed by atoms with E-state index in [4.69, 9.17) is 4.52 Å². The summed E-state index contributed by atoms with van der Waals surface area (Å²) in [6, 6.07) is 18.4. The Bertz CT molecular complexity index is 1130. The highest BCUT2D eigenvalue weighted by atomic mass is 32.2. The summed E-state index contributed by atoms with van der Waals surface area (Å²) in [5.41, 5.74) is 2.15. The van der Waals surface area contributed by atoms with E-state index in [-0.39, 0.29) is 10.9 Å². The highest BCUT2D eigenvalue weighted by Gasteiger charge is 2.26. The maximum Gasteiger partial charge on any atom is 0.298 e. The van der Waals surface area contributed by atoms with Gasteiger partial charge < -0.3 is 14.9 Å². The second-order valence-electron chi connectivity index (χ2n) is 6.04. The summed E-state index contributed by atoms with van der Waals surface area (Å²) in [5.74, 6) is -0.815. The number of nitrogens with one attached hydrogen (secondary N) is 1. The van der Waals surface area contributed by atoms with Crippen LogP contribution in [0.15, 0.2) is 76.4 Å². The number of benzene rings is 2. The molecule has 0 aliphatic carbocycles. The van der Waals surface area contributed by atoms with Crippen LogP contribution in [0.4, 0.5) is 5.69 Å². The first kappa shape index (κ1) is 18.0. The van der Waals surface area contributed by atoms with Crippen molar-refractivity contribution < 1.29 is 19.1 Å². The van der Waals surface area contributed by atoms with E-state index in [2.05, 4.69) is 15.6 Å². The summed E-state index contributed by atoms with van der Waals surface area (Å²) < 4.78 is 6.20. The SMILES string of the molecule is CC(Sc1c([O-])on[n+]1-c1ccccc1)C(=O)Nc1cccc2ncccc12. The quantitative estimate of drug-likeness (QED) is 0.414. The summed E-state index contributed by atoms with van der Waals surface area (Å²) in [6.07, 6.45) is 1.70. The lowest BCUT2D eigenvalue weighted by Crippen LogP contribution is -2.36. The minimum Gasteiger partial charge on any atom is -0.538 e. The molecule has 1 amide bonds. The molecule has 7 nitrogen and oxygen atoms in total. The van der Waals surface area contributed by atoms with Crippen molar-refractivity contribution in [2.75, 3.05) is 5.32 Å². The number of anilines is 1. The number of aromatic nitrogens is 3. The molecule has 0 aliphatic heterocycles. The van der Waals surface area contributed by atoms with E-state index in [9.17, 15) is 9.90 Å². The number of para-hydroxylation sites is 1. The first-order valence-electron chi connectivity index (χ1n) is 8.59. The minimum absolute atomic E-state index is 0.235. The van der Waals surface area contributed by atoms with Crippen molar-refractivity contribution in [1.82, 2.24) is 10.3 Å². The van der Waals surface area contributed by atoms with Crippen LogP contribution in [0, 0.1) is 0 Å². The van der Waals surface area contributed by atoms with Gasteiger partial charge in [-0.05, 0) is 47.6 Å². The van der Waals surface area contributed by atoms with Crippen LogP contribution < -0.4 is 15.1 Å². The van der Waals surface area contributed by atoms with Crippen molar-refractivity contribution in [2.24, 2.45) is 0 Å². The number of amides is 1. The van der Waals surface area contributed by atoms with E-state index in [0.717, 1.165) is 22.7 Å². The van der Waals surface area contributed by atoms with Gasteiger partial charge in [-0.3, -0.25) is 9.78 Å². The topological polar surface area (TPSA) is 95.0 Å². The summed E-state index contributed by atoms with van der Waals surface area (Å²) in [7, 11) is 0. The van der Waals surface area contributed by atoms with Crippen LogP contribution in [-0.2, 0) is 4.79 Å². The first-order valence-corrected chi connectivity index (χ1v) is 9.47. The molecule has 1 unspecified atom stereocenters. The molecule has 2 aromatic carbocycles. The molecular weight excluding hydrogens is 376 g/mol. The van der Waals surface area contributed by atoms with Crippen LogP contribution >= 0.6 is 11.8 Å². The zero-order valence-electron chi connectivity index (χ0n) is 14.9. The Morgan fingerprint density at radius 3 is 2.79 bits per heavy atom. The second kappa shape index (κ2) is 7.69. The van der Waals surface area contributed by atoms with E-state index >= 15 is 0 Å². The van der Waals surface area contributed by atoms with Gasteiger partial charge in [-0.15, -0.1) is 0 Å². The predicted molar refractivity (Wildman–Crippen MR) is 103 cm³/mol. The van der Waals surface area contributed by atoms with Gasteiger partial charge in [0, 0.05) is 23.7 Å². The molecule has 2 aromatic heterocycles. The Morgan fingerprint density at radius 2 is 1.96 bits per heavy atom. The van der Waals surface area contributed by atoms with Crippen LogP contribution in [0.25, 0.3) is 16.6 Å². The molecule has 8 heteroatoms. The van der Waals surface area contributed by atoms with Gasteiger partial charge >= 0.3 is 0 Å². The van der Waals surface area contributed by atoms with Crippen molar-refractivity contribution >= 4 is 34.3 Å². The number of thioether (sulfide) groups is 1. The number of fused-ring (bicyclic) bond motifs is 1. The monoisotopic (exact) mass is 392 g/mol. The van der Waals surface area contributed by atoms with Crippen molar-refractivity contribution in [3.63, 3.8) is 0 Å².